The number of benzene rings is 1. The highest BCUT2D eigenvalue weighted by atomic mass is 32.1. The molecule has 0 spiro atoms. The zero-order valence-electron chi connectivity index (χ0n) is 11.5. The van der Waals surface area contributed by atoms with Gasteiger partial charge in [0.1, 0.15) is 0 Å². The number of anilines is 1. The summed E-state index contributed by atoms with van der Waals surface area (Å²) in [7, 11) is 0. The van der Waals surface area contributed by atoms with Gasteiger partial charge >= 0.3 is 0 Å². The molecule has 1 aliphatic carbocycles. The number of thiazole rings is 1. The van der Waals surface area contributed by atoms with E-state index in [1.807, 2.05) is 46.4 Å². The van der Waals surface area contributed by atoms with Gasteiger partial charge in [-0.15, -0.1) is 11.3 Å². The van der Waals surface area contributed by atoms with E-state index in [1.54, 1.807) is 11.3 Å². The average Bonchev–Trinajstić information content (AvgIpc) is 3.01. The van der Waals surface area contributed by atoms with E-state index < -0.39 is 0 Å². The van der Waals surface area contributed by atoms with E-state index in [0.29, 0.717) is 12.3 Å². The summed E-state index contributed by atoms with van der Waals surface area (Å²) in [5.74, 6) is 0.695. The molecule has 0 bridgehead atoms. The van der Waals surface area contributed by atoms with E-state index in [9.17, 15) is 4.79 Å². The minimum Gasteiger partial charge on any atom is -0.325 e. The van der Waals surface area contributed by atoms with Crippen LogP contribution < -0.4 is 5.32 Å². The lowest BCUT2D eigenvalue weighted by Gasteiger charge is -2.09. The Labute approximate surface area is 126 Å². The maximum atomic E-state index is 12.0. The topological polar surface area (TPSA) is 46.4 Å². The first-order valence-electron chi connectivity index (χ1n) is 7.11. The Kier molecular flexibility index (Phi) is 3.00. The predicted octanol–water partition coefficient (Wildman–Crippen LogP) is 3.80. The van der Waals surface area contributed by atoms with Crippen molar-refractivity contribution in [1.29, 1.82) is 0 Å². The van der Waals surface area contributed by atoms with Crippen LogP contribution in [0.4, 0.5) is 5.69 Å². The van der Waals surface area contributed by atoms with E-state index in [4.69, 9.17) is 0 Å². The van der Waals surface area contributed by atoms with Crippen LogP contribution in [-0.4, -0.2) is 15.3 Å². The molecule has 1 aromatic carbocycles. The Morgan fingerprint density at radius 1 is 1.38 bits per heavy atom. The van der Waals surface area contributed by atoms with Gasteiger partial charge in [-0.1, -0.05) is 18.2 Å². The third-order valence-corrected chi connectivity index (χ3v) is 4.51. The Bertz CT molecular complexity index is 772. The lowest BCUT2D eigenvalue weighted by Crippen LogP contribution is -2.12. The lowest BCUT2D eigenvalue weighted by atomic mass is 10.1. The number of para-hydroxylation sites is 1. The molecule has 1 fully saturated rings. The quantitative estimate of drug-likeness (QED) is 0.796. The normalized spacial score (nSPS) is 14.5. The fourth-order valence-electron chi connectivity index (χ4n) is 2.46. The second kappa shape index (κ2) is 5.00. The zero-order chi connectivity index (χ0) is 14.2. The number of aromatic nitrogens is 2. The van der Waals surface area contributed by atoms with Crippen molar-refractivity contribution in [2.75, 3.05) is 5.32 Å². The first-order chi connectivity index (χ1) is 10.3. The number of hydrogen-bond acceptors (Lipinski definition) is 3. The Hall–Kier alpha value is -2.14. The van der Waals surface area contributed by atoms with Crippen molar-refractivity contribution in [1.82, 2.24) is 9.38 Å². The smallest absolute Gasteiger partial charge is 0.224 e. The molecule has 21 heavy (non-hydrogen) atoms. The Morgan fingerprint density at radius 2 is 2.24 bits per heavy atom. The zero-order valence-corrected chi connectivity index (χ0v) is 12.3. The lowest BCUT2D eigenvalue weighted by molar-refractivity contribution is -0.116. The summed E-state index contributed by atoms with van der Waals surface area (Å²) in [6.07, 6.45) is 6.99. The minimum atomic E-state index is 0.103. The van der Waals surface area contributed by atoms with Crippen molar-refractivity contribution in [3.8, 4) is 11.3 Å². The van der Waals surface area contributed by atoms with Crippen LogP contribution in [0.3, 0.4) is 0 Å². The number of fused-ring (bicyclic) bond motifs is 1. The molecule has 0 aliphatic heterocycles. The molecule has 5 heteroatoms. The molecule has 2 heterocycles. The molecule has 106 valence electrons. The third-order valence-electron chi connectivity index (χ3n) is 3.74. The van der Waals surface area contributed by atoms with E-state index >= 15 is 0 Å². The number of imidazole rings is 1. The van der Waals surface area contributed by atoms with E-state index in [2.05, 4.69) is 10.3 Å². The van der Waals surface area contributed by atoms with Crippen molar-refractivity contribution in [3.63, 3.8) is 0 Å². The van der Waals surface area contributed by atoms with E-state index in [0.717, 1.165) is 21.9 Å². The molecule has 4 rings (SSSR count). The number of amides is 1. The molecule has 0 unspecified atom stereocenters. The van der Waals surface area contributed by atoms with Crippen LogP contribution in [0.1, 0.15) is 19.3 Å². The largest absolute Gasteiger partial charge is 0.325 e. The summed E-state index contributed by atoms with van der Waals surface area (Å²) >= 11 is 1.60. The summed E-state index contributed by atoms with van der Waals surface area (Å²) in [6.45, 7) is 0. The van der Waals surface area contributed by atoms with E-state index in [1.165, 1.54) is 12.8 Å². The van der Waals surface area contributed by atoms with E-state index in [-0.39, 0.29) is 5.91 Å². The van der Waals surface area contributed by atoms with Crippen LogP contribution in [0.25, 0.3) is 16.2 Å². The summed E-state index contributed by atoms with van der Waals surface area (Å²) in [4.78, 5) is 17.6. The van der Waals surface area contributed by atoms with Crippen LogP contribution in [0.15, 0.2) is 42.0 Å². The standard InChI is InChI=1S/C16H15N3OS/c20-15(9-11-5-6-11)17-13-4-2-1-3-12(13)14-10-19-7-8-21-16(19)18-14/h1-4,7-8,10-11H,5-6,9H2,(H,17,20). The predicted molar refractivity (Wildman–Crippen MR) is 84.5 cm³/mol. The van der Waals surface area contributed by atoms with Crippen LogP contribution in [-0.2, 0) is 4.79 Å². The van der Waals surface area contributed by atoms with Crippen molar-refractivity contribution in [3.05, 3.63) is 42.0 Å². The molecule has 0 radical (unpaired) electrons. The number of carbonyl (C=O) groups excluding carboxylic acids is 1. The molecular formula is C16H15N3OS. The first-order valence-corrected chi connectivity index (χ1v) is 7.99. The van der Waals surface area contributed by atoms with Gasteiger partial charge in [-0.2, -0.15) is 0 Å². The highest BCUT2D eigenvalue weighted by Crippen LogP contribution is 2.33. The highest BCUT2D eigenvalue weighted by molar-refractivity contribution is 7.15. The van der Waals surface area contributed by atoms with Gasteiger partial charge in [0.2, 0.25) is 5.91 Å². The highest BCUT2D eigenvalue weighted by Gasteiger charge is 2.24. The summed E-state index contributed by atoms with van der Waals surface area (Å²) in [5, 5.41) is 5.04. The van der Waals surface area contributed by atoms with Crippen molar-refractivity contribution >= 4 is 27.9 Å². The van der Waals surface area contributed by atoms with Gasteiger partial charge in [0.05, 0.1) is 11.4 Å². The van der Waals surface area contributed by atoms with Gasteiger partial charge in [-0.3, -0.25) is 9.20 Å². The van der Waals surface area contributed by atoms with Gasteiger partial charge in [-0.25, -0.2) is 4.98 Å². The van der Waals surface area contributed by atoms with Gasteiger partial charge in [0.15, 0.2) is 4.96 Å². The van der Waals surface area contributed by atoms with Gasteiger partial charge < -0.3 is 5.32 Å². The molecule has 2 aromatic heterocycles. The number of rotatable bonds is 4. The Morgan fingerprint density at radius 3 is 3.05 bits per heavy atom. The van der Waals surface area contributed by atoms with Crippen molar-refractivity contribution in [2.24, 2.45) is 5.92 Å². The number of hydrogen-bond donors (Lipinski definition) is 1. The van der Waals surface area contributed by atoms with Gasteiger partial charge in [0, 0.05) is 29.8 Å². The molecule has 0 atom stereocenters. The molecule has 3 aromatic rings. The number of nitrogens with one attached hydrogen (secondary N) is 1. The molecule has 1 aliphatic rings. The second-order valence-corrected chi connectivity index (χ2v) is 6.33. The van der Waals surface area contributed by atoms with Crippen molar-refractivity contribution < 1.29 is 4.79 Å². The first kappa shape index (κ1) is 12.6. The van der Waals surface area contributed by atoms with Crippen molar-refractivity contribution in [2.45, 2.75) is 19.3 Å². The minimum absolute atomic E-state index is 0.103. The molecule has 1 N–H and O–H groups in total. The van der Waals surface area contributed by atoms with Crippen LogP contribution in [0, 0.1) is 5.92 Å². The average molecular weight is 297 g/mol. The van der Waals surface area contributed by atoms with Gasteiger partial charge in [-0.05, 0) is 24.8 Å². The SMILES string of the molecule is O=C(CC1CC1)Nc1ccccc1-c1cn2ccsc2n1. The summed E-state index contributed by atoms with van der Waals surface area (Å²) in [6, 6.07) is 7.85. The molecule has 1 amide bonds. The molecular weight excluding hydrogens is 282 g/mol. The molecule has 0 saturated heterocycles. The summed E-state index contributed by atoms with van der Waals surface area (Å²) < 4.78 is 2.00. The number of carbonyl (C=O) groups is 1. The fourth-order valence-corrected chi connectivity index (χ4v) is 3.16. The van der Waals surface area contributed by atoms with Crippen LogP contribution in [0.2, 0.25) is 0 Å². The molecule has 1 saturated carbocycles. The maximum absolute atomic E-state index is 12.0. The maximum Gasteiger partial charge on any atom is 0.224 e. The molecule has 4 nitrogen and oxygen atoms in total. The summed E-state index contributed by atoms with van der Waals surface area (Å²) in [5.41, 5.74) is 2.70. The third kappa shape index (κ3) is 2.56. The fraction of sp³-hybridized carbons (Fsp3) is 0.250. The van der Waals surface area contributed by atoms with Gasteiger partial charge in [0.25, 0.3) is 0 Å². The van der Waals surface area contributed by atoms with Crippen LogP contribution in [0.5, 0.6) is 0 Å². The number of nitrogens with zero attached hydrogens (tertiary/aromatic N) is 2. The second-order valence-electron chi connectivity index (χ2n) is 5.46. The van der Waals surface area contributed by atoms with Crippen LogP contribution >= 0.6 is 11.3 Å². The Balaban J connectivity index is 1.64. The monoisotopic (exact) mass is 297 g/mol.